The summed E-state index contributed by atoms with van der Waals surface area (Å²) < 4.78 is 5.87. The molecule has 3 rings (SSSR count). The second-order valence-electron chi connectivity index (χ2n) is 9.66. The molecule has 3 aromatic carbocycles. The van der Waals surface area contributed by atoms with Crippen LogP contribution in [-0.2, 0) is 11.2 Å². The van der Waals surface area contributed by atoms with Crippen LogP contribution in [0.1, 0.15) is 62.6 Å². The highest BCUT2D eigenvalue weighted by Gasteiger charge is 2.22. The number of aryl methyl sites for hydroxylation is 1. The summed E-state index contributed by atoms with van der Waals surface area (Å²) in [6.45, 7) is 8.79. The molecule has 0 aromatic heterocycles. The largest absolute Gasteiger partial charge is 0.488 e. The van der Waals surface area contributed by atoms with Gasteiger partial charge in [-0.3, -0.25) is 4.79 Å². The predicted molar refractivity (Wildman–Crippen MR) is 142 cm³/mol. The number of benzene rings is 3. The van der Waals surface area contributed by atoms with Crippen LogP contribution < -0.4 is 10.1 Å². The van der Waals surface area contributed by atoms with E-state index in [2.05, 4.69) is 12.2 Å². The maximum absolute atomic E-state index is 12.7. The predicted octanol–water partition coefficient (Wildman–Crippen LogP) is 7.81. The molecule has 0 aliphatic carbocycles. The summed E-state index contributed by atoms with van der Waals surface area (Å²) >= 11 is 12.2. The number of hydrogen-bond acceptors (Lipinski definition) is 2. The van der Waals surface area contributed by atoms with Crippen molar-refractivity contribution in [2.45, 2.75) is 58.0 Å². The number of amides is 1. The van der Waals surface area contributed by atoms with Crippen LogP contribution in [0, 0.1) is 0 Å². The number of ether oxygens (including phenoxy) is 1. The first-order valence-electron chi connectivity index (χ1n) is 11.7. The normalized spacial score (nSPS) is 13.2. The Morgan fingerprint density at radius 3 is 1.91 bits per heavy atom. The van der Waals surface area contributed by atoms with Gasteiger partial charge >= 0.3 is 0 Å². The van der Waals surface area contributed by atoms with Gasteiger partial charge in [-0.2, -0.15) is 0 Å². The number of nitrogens with one attached hydrogen (secondary N) is 1. The van der Waals surface area contributed by atoms with E-state index in [1.807, 2.05) is 93.6 Å². The molecule has 0 radical (unpaired) electrons. The fraction of sp³-hybridized carbons (Fsp3) is 0.345. The molecule has 0 bridgehead atoms. The zero-order chi connectivity index (χ0) is 24.7. The van der Waals surface area contributed by atoms with Gasteiger partial charge in [-0.15, -0.1) is 0 Å². The first-order valence-corrected chi connectivity index (χ1v) is 12.4. The van der Waals surface area contributed by atoms with Crippen molar-refractivity contribution in [3.63, 3.8) is 0 Å². The van der Waals surface area contributed by atoms with Gasteiger partial charge in [-0.05, 0) is 86.2 Å². The molecule has 3 aromatic rings. The van der Waals surface area contributed by atoms with E-state index in [0.29, 0.717) is 29.4 Å². The smallest absolute Gasteiger partial charge is 0.220 e. The highest BCUT2D eigenvalue weighted by Crippen LogP contribution is 2.33. The fourth-order valence-corrected chi connectivity index (χ4v) is 4.19. The van der Waals surface area contributed by atoms with Crippen LogP contribution in [0.25, 0.3) is 0 Å². The Morgan fingerprint density at radius 1 is 0.853 bits per heavy atom. The van der Waals surface area contributed by atoms with E-state index in [9.17, 15) is 4.79 Å². The molecule has 0 heterocycles. The van der Waals surface area contributed by atoms with Gasteiger partial charge in [0.05, 0.1) is 0 Å². The standard InChI is InChI=1S/C29H33Cl2NO2/c1-20(22-8-12-24(30)13-9-22)27(23-10-14-25(31)15-11-23)19-32-28(33)18-7-21-5-16-26(17-6-21)34-29(2,3)4/h5-6,8-17,20,27H,7,18-19H2,1-4H3,(H,32,33). The highest BCUT2D eigenvalue weighted by atomic mass is 35.5. The third kappa shape index (κ3) is 8.07. The van der Waals surface area contributed by atoms with Gasteiger partial charge in [-0.1, -0.05) is 66.5 Å². The average Bonchev–Trinajstić information content (AvgIpc) is 2.79. The summed E-state index contributed by atoms with van der Waals surface area (Å²) in [5.74, 6) is 1.17. The Kier molecular flexibility index (Phi) is 9.04. The van der Waals surface area contributed by atoms with Gasteiger partial charge in [0.1, 0.15) is 11.4 Å². The zero-order valence-corrected chi connectivity index (χ0v) is 21.8. The second kappa shape index (κ2) is 11.8. The van der Waals surface area contributed by atoms with Crippen LogP contribution in [-0.4, -0.2) is 18.1 Å². The van der Waals surface area contributed by atoms with Crippen molar-refractivity contribution in [3.8, 4) is 5.75 Å². The lowest BCUT2D eigenvalue weighted by atomic mass is 9.82. The molecule has 2 atom stereocenters. The maximum Gasteiger partial charge on any atom is 0.220 e. The molecular formula is C29H33Cl2NO2. The monoisotopic (exact) mass is 497 g/mol. The highest BCUT2D eigenvalue weighted by molar-refractivity contribution is 6.30. The minimum absolute atomic E-state index is 0.0392. The van der Waals surface area contributed by atoms with Gasteiger partial charge in [0, 0.05) is 28.9 Å². The summed E-state index contributed by atoms with van der Waals surface area (Å²) in [4.78, 5) is 12.7. The molecule has 180 valence electrons. The molecule has 0 aliphatic rings. The van der Waals surface area contributed by atoms with Crippen LogP contribution in [0.15, 0.2) is 72.8 Å². The van der Waals surface area contributed by atoms with E-state index < -0.39 is 0 Å². The number of carbonyl (C=O) groups excluding carboxylic acids is 1. The third-order valence-electron chi connectivity index (χ3n) is 5.80. The Bertz CT molecular complexity index is 1060. The van der Waals surface area contributed by atoms with E-state index in [1.165, 1.54) is 5.56 Å². The first kappa shape index (κ1) is 26.1. The van der Waals surface area contributed by atoms with Gasteiger partial charge in [0.2, 0.25) is 5.91 Å². The molecule has 0 saturated heterocycles. The lowest BCUT2D eigenvalue weighted by molar-refractivity contribution is -0.121. The number of rotatable bonds is 9. The van der Waals surface area contributed by atoms with Gasteiger partial charge in [-0.25, -0.2) is 0 Å². The fourth-order valence-electron chi connectivity index (χ4n) is 3.94. The van der Waals surface area contributed by atoms with E-state index in [4.69, 9.17) is 27.9 Å². The van der Waals surface area contributed by atoms with E-state index in [1.54, 1.807) is 0 Å². The summed E-state index contributed by atoms with van der Waals surface area (Å²) in [5, 5.41) is 4.56. The molecule has 0 spiro atoms. The van der Waals surface area contributed by atoms with Gasteiger partial charge in [0.25, 0.3) is 0 Å². The Morgan fingerprint density at radius 2 is 1.38 bits per heavy atom. The van der Waals surface area contributed by atoms with Crippen LogP contribution in [0.5, 0.6) is 5.75 Å². The Balaban J connectivity index is 1.61. The van der Waals surface area contributed by atoms with E-state index in [-0.39, 0.29) is 23.3 Å². The van der Waals surface area contributed by atoms with Crippen LogP contribution in [0.4, 0.5) is 0 Å². The molecule has 3 nitrogen and oxygen atoms in total. The first-order chi connectivity index (χ1) is 16.1. The Hall–Kier alpha value is -2.49. The lowest BCUT2D eigenvalue weighted by Gasteiger charge is -2.25. The topological polar surface area (TPSA) is 38.3 Å². The zero-order valence-electron chi connectivity index (χ0n) is 20.3. The summed E-state index contributed by atoms with van der Waals surface area (Å²) in [7, 11) is 0. The molecule has 0 aliphatic heterocycles. The van der Waals surface area contributed by atoms with Crippen molar-refractivity contribution in [2.75, 3.05) is 6.54 Å². The summed E-state index contributed by atoms with van der Waals surface area (Å²) in [5.41, 5.74) is 3.20. The van der Waals surface area contributed by atoms with Gasteiger partial charge in [0.15, 0.2) is 0 Å². The van der Waals surface area contributed by atoms with E-state index >= 15 is 0 Å². The third-order valence-corrected chi connectivity index (χ3v) is 6.31. The molecular weight excluding hydrogens is 465 g/mol. The molecule has 1 N–H and O–H groups in total. The Labute approximate surface area is 213 Å². The van der Waals surface area contributed by atoms with Crippen LogP contribution >= 0.6 is 23.2 Å². The molecule has 0 fully saturated rings. The minimum Gasteiger partial charge on any atom is -0.488 e. The van der Waals surface area contributed by atoms with Crippen molar-refractivity contribution >= 4 is 29.1 Å². The molecule has 5 heteroatoms. The average molecular weight is 498 g/mol. The number of halogens is 2. The molecule has 34 heavy (non-hydrogen) atoms. The quantitative estimate of drug-likeness (QED) is 0.327. The number of carbonyl (C=O) groups is 1. The van der Waals surface area contributed by atoms with Crippen molar-refractivity contribution in [1.82, 2.24) is 5.32 Å². The maximum atomic E-state index is 12.7. The second-order valence-corrected chi connectivity index (χ2v) is 10.5. The van der Waals surface area contributed by atoms with Crippen molar-refractivity contribution in [1.29, 1.82) is 0 Å². The molecule has 0 saturated carbocycles. The molecule has 2 unspecified atom stereocenters. The van der Waals surface area contributed by atoms with Crippen molar-refractivity contribution in [3.05, 3.63) is 99.5 Å². The van der Waals surface area contributed by atoms with E-state index in [0.717, 1.165) is 16.9 Å². The molecule has 1 amide bonds. The summed E-state index contributed by atoms with van der Waals surface area (Å²) in [6, 6.07) is 23.7. The van der Waals surface area contributed by atoms with Crippen molar-refractivity contribution in [2.24, 2.45) is 0 Å². The lowest BCUT2D eigenvalue weighted by Crippen LogP contribution is -2.30. The SMILES string of the molecule is CC(c1ccc(Cl)cc1)C(CNC(=O)CCc1ccc(OC(C)(C)C)cc1)c1ccc(Cl)cc1. The minimum atomic E-state index is -0.231. The van der Waals surface area contributed by atoms with Gasteiger partial charge < -0.3 is 10.1 Å². The van der Waals surface area contributed by atoms with Crippen molar-refractivity contribution < 1.29 is 9.53 Å². The summed E-state index contributed by atoms with van der Waals surface area (Å²) in [6.07, 6.45) is 1.11. The van der Waals surface area contributed by atoms with Crippen LogP contribution in [0.3, 0.4) is 0 Å². The number of hydrogen-bond donors (Lipinski definition) is 1. The van der Waals surface area contributed by atoms with Crippen LogP contribution in [0.2, 0.25) is 10.0 Å².